The van der Waals surface area contributed by atoms with Crippen LogP contribution >= 0.6 is 0 Å². The van der Waals surface area contributed by atoms with Crippen LogP contribution in [0.5, 0.6) is 0 Å². The van der Waals surface area contributed by atoms with E-state index in [-0.39, 0.29) is 18.4 Å². The molecule has 2 rings (SSSR count). The fourth-order valence-electron chi connectivity index (χ4n) is 2.80. The van der Waals surface area contributed by atoms with Crippen molar-refractivity contribution >= 4 is 23.8 Å². The Balaban J connectivity index is 2.12. The average molecular weight is 416 g/mol. The number of hydrogen-bond donors (Lipinski definition) is 4. The molecule has 0 heterocycles. The minimum Gasteiger partial charge on any atom is -0.480 e. The molecule has 0 radical (unpaired) electrons. The molecule has 0 bridgehead atoms. The standard InChI is InChI=1S/C21H21FN2O6/c1-12(25)23-17(10-14-4-8-16(22)9-5-14)19(26)24-18(21(29)30)11-13-2-6-15(7-3-13)20(27)28/h2-9,17-18H,10-11H2,1H3,(H,23,25)(H,24,26)(H,27,28)(H,29,30)/t17-,18-/m0/s1. The van der Waals surface area contributed by atoms with Crippen LogP contribution in [0.25, 0.3) is 0 Å². The lowest BCUT2D eigenvalue weighted by Crippen LogP contribution is -2.52. The normalized spacial score (nSPS) is 12.5. The fraction of sp³-hybridized carbons (Fsp3) is 0.238. The second kappa shape index (κ2) is 10.1. The van der Waals surface area contributed by atoms with Gasteiger partial charge in [-0.1, -0.05) is 24.3 Å². The van der Waals surface area contributed by atoms with Crippen molar-refractivity contribution in [2.45, 2.75) is 31.8 Å². The molecule has 0 saturated heterocycles. The molecule has 2 amide bonds. The number of hydrogen-bond acceptors (Lipinski definition) is 4. The minimum atomic E-state index is -1.29. The summed E-state index contributed by atoms with van der Waals surface area (Å²) >= 11 is 0. The Kier molecular flexibility index (Phi) is 7.62. The number of amides is 2. The second-order valence-corrected chi connectivity index (χ2v) is 6.69. The van der Waals surface area contributed by atoms with E-state index < -0.39 is 41.7 Å². The lowest BCUT2D eigenvalue weighted by molar-refractivity contribution is -0.142. The Morgan fingerprint density at radius 1 is 0.833 bits per heavy atom. The molecular weight excluding hydrogens is 395 g/mol. The number of aromatic carboxylic acids is 1. The van der Waals surface area contributed by atoms with E-state index in [0.29, 0.717) is 11.1 Å². The van der Waals surface area contributed by atoms with Crippen LogP contribution in [0.4, 0.5) is 4.39 Å². The molecular formula is C21H21FN2O6. The number of benzene rings is 2. The van der Waals surface area contributed by atoms with Crippen LogP contribution in [-0.4, -0.2) is 46.0 Å². The smallest absolute Gasteiger partial charge is 0.335 e. The third-order valence-electron chi connectivity index (χ3n) is 4.30. The average Bonchev–Trinajstić information content (AvgIpc) is 2.68. The van der Waals surface area contributed by atoms with Crippen LogP contribution in [0.15, 0.2) is 48.5 Å². The third kappa shape index (κ3) is 6.69. The maximum absolute atomic E-state index is 13.1. The molecule has 30 heavy (non-hydrogen) atoms. The maximum atomic E-state index is 13.1. The maximum Gasteiger partial charge on any atom is 0.335 e. The van der Waals surface area contributed by atoms with Crippen LogP contribution < -0.4 is 10.6 Å². The van der Waals surface area contributed by atoms with E-state index in [9.17, 15) is 28.7 Å². The van der Waals surface area contributed by atoms with E-state index in [1.807, 2.05) is 0 Å². The van der Waals surface area contributed by atoms with Crippen LogP contribution in [-0.2, 0) is 27.2 Å². The topological polar surface area (TPSA) is 133 Å². The highest BCUT2D eigenvalue weighted by Gasteiger charge is 2.26. The number of halogens is 1. The molecule has 0 spiro atoms. The Labute approximate surface area is 171 Å². The van der Waals surface area contributed by atoms with E-state index in [4.69, 9.17) is 5.11 Å². The first kappa shape index (κ1) is 22.5. The van der Waals surface area contributed by atoms with Crippen molar-refractivity contribution < 1.29 is 33.8 Å². The van der Waals surface area contributed by atoms with Gasteiger partial charge in [-0.2, -0.15) is 0 Å². The monoisotopic (exact) mass is 416 g/mol. The predicted molar refractivity (Wildman–Crippen MR) is 104 cm³/mol. The number of aliphatic carboxylic acids is 1. The molecule has 9 heteroatoms. The summed E-state index contributed by atoms with van der Waals surface area (Å²) in [5.74, 6) is -4.02. The molecule has 2 aromatic rings. The van der Waals surface area contributed by atoms with Gasteiger partial charge in [0.25, 0.3) is 0 Å². The minimum absolute atomic E-state index is 0.0470. The number of carbonyl (C=O) groups is 4. The lowest BCUT2D eigenvalue weighted by atomic mass is 10.0. The summed E-state index contributed by atoms with van der Waals surface area (Å²) < 4.78 is 13.1. The number of nitrogens with one attached hydrogen (secondary N) is 2. The van der Waals surface area contributed by atoms with Gasteiger partial charge in [0.1, 0.15) is 17.9 Å². The molecule has 8 nitrogen and oxygen atoms in total. The number of carboxylic acid groups (broad SMARTS) is 2. The highest BCUT2D eigenvalue weighted by molar-refractivity contribution is 5.90. The van der Waals surface area contributed by atoms with Gasteiger partial charge in [0, 0.05) is 19.8 Å². The van der Waals surface area contributed by atoms with Crippen LogP contribution in [0, 0.1) is 5.82 Å². The van der Waals surface area contributed by atoms with Crippen molar-refractivity contribution in [1.29, 1.82) is 0 Å². The van der Waals surface area contributed by atoms with Crippen molar-refractivity contribution in [3.05, 3.63) is 71.0 Å². The summed E-state index contributed by atoms with van der Waals surface area (Å²) in [6, 6.07) is 8.65. The summed E-state index contributed by atoms with van der Waals surface area (Å²) in [6.07, 6.45) is -0.0321. The quantitative estimate of drug-likeness (QED) is 0.488. The molecule has 0 unspecified atom stereocenters. The van der Waals surface area contributed by atoms with Gasteiger partial charge in [0.05, 0.1) is 5.56 Å². The fourth-order valence-corrected chi connectivity index (χ4v) is 2.80. The van der Waals surface area contributed by atoms with Gasteiger partial charge in [0.2, 0.25) is 11.8 Å². The van der Waals surface area contributed by atoms with Gasteiger partial charge < -0.3 is 20.8 Å². The molecule has 0 fully saturated rings. The van der Waals surface area contributed by atoms with Gasteiger partial charge in [-0.3, -0.25) is 9.59 Å². The number of carbonyl (C=O) groups excluding carboxylic acids is 2. The first-order valence-corrected chi connectivity index (χ1v) is 9.02. The summed E-state index contributed by atoms with van der Waals surface area (Å²) in [5.41, 5.74) is 1.16. The SMILES string of the molecule is CC(=O)N[C@@H](Cc1ccc(F)cc1)C(=O)N[C@@H](Cc1ccc(C(=O)O)cc1)C(=O)O. The van der Waals surface area contributed by atoms with Crippen molar-refractivity contribution in [2.24, 2.45) is 0 Å². The van der Waals surface area contributed by atoms with E-state index in [2.05, 4.69) is 10.6 Å². The largest absolute Gasteiger partial charge is 0.480 e. The Hall–Kier alpha value is -3.75. The third-order valence-corrected chi connectivity index (χ3v) is 4.30. The zero-order valence-corrected chi connectivity index (χ0v) is 16.1. The highest BCUT2D eigenvalue weighted by atomic mass is 19.1. The Morgan fingerprint density at radius 2 is 1.33 bits per heavy atom. The summed E-state index contributed by atoms with van der Waals surface area (Å²) in [4.78, 5) is 46.7. The molecule has 0 aromatic heterocycles. The van der Waals surface area contributed by atoms with Crippen LogP contribution in [0.1, 0.15) is 28.4 Å². The number of rotatable bonds is 9. The molecule has 0 aliphatic carbocycles. The summed E-state index contributed by atoms with van der Waals surface area (Å²) in [5, 5.41) is 23.3. The predicted octanol–water partition coefficient (Wildman–Crippen LogP) is 1.38. The highest BCUT2D eigenvalue weighted by Crippen LogP contribution is 2.10. The molecule has 0 saturated carbocycles. The molecule has 2 aromatic carbocycles. The van der Waals surface area contributed by atoms with Gasteiger partial charge in [-0.25, -0.2) is 14.0 Å². The van der Waals surface area contributed by atoms with Crippen molar-refractivity contribution in [1.82, 2.24) is 10.6 Å². The molecule has 0 aliphatic rings. The lowest BCUT2D eigenvalue weighted by Gasteiger charge is -2.21. The summed E-state index contributed by atoms with van der Waals surface area (Å²) in [6.45, 7) is 1.23. The van der Waals surface area contributed by atoms with E-state index >= 15 is 0 Å². The molecule has 0 aliphatic heterocycles. The second-order valence-electron chi connectivity index (χ2n) is 6.69. The molecule has 2 atom stereocenters. The van der Waals surface area contributed by atoms with Crippen LogP contribution in [0.3, 0.4) is 0 Å². The first-order chi connectivity index (χ1) is 14.2. The molecule has 158 valence electrons. The van der Waals surface area contributed by atoms with Crippen LogP contribution in [0.2, 0.25) is 0 Å². The van der Waals surface area contributed by atoms with E-state index in [1.54, 1.807) is 0 Å². The molecule has 4 N–H and O–H groups in total. The van der Waals surface area contributed by atoms with Crippen molar-refractivity contribution in [2.75, 3.05) is 0 Å². The van der Waals surface area contributed by atoms with E-state index in [0.717, 1.165) is 0 Å². The Bertz CT molecular complexity index is 928. The van der Waals surface area contributed by atoms with Gasteiger partial charge in [-0.05, 0) is 35.4 Å². The van der Waals surface area contributed by atoms with Gasteiger partial charge in [-0.15, -0.1) is 0 Å². The first-order valence-electron chi connectivity index (χ1n) is 9.02. The zero-order chi connectivity index (χ0) is 22.3. The van der Waals surface area contributed by atoms with E-state index in [1.165, 1.54) is 55.5 Å². The van der Waals surface area contributed by atoms with Gasteiger partial charge in [0.15, 0.2) is 0 Å². The number of carboxylic acids is 2. The van der Waals surface area contributed by atoms with Crippen molar-refractivity contribution in [3.63, 3.8) is 0 Å². The van der Waals surface area contributed by atoms with Gasteiger partial charge >= 0.3 is 11.9 Å². The zero-order valence-electron chi connectivity index (χ0n) is 16.1. The van der Waals surface area contributed by atoms with Crippen molar-refractivity contribution in [3.8, 4) is 0 Å². The Morgan fingerprint density at radius 3 is 1.80 bits per heavy atom. The summed E-state index contributed by atoms with van der Waals surface area (Å²) in [7, 11) is 0.